The summed E-state index contributed by atoms with van der Waals surface area (Å²) in [6, 6.07) is 9.52. The summed E-state index contributed by atoms with van der Waals surface area (Å²) in [6.07, 6.45) is 0. The quantitative estimate of drug-likeness (QED) is 0.589. The Balaban J connectivity index is 1.39. The van der Waals surface area contributed by atoms with Gasteiger partial charge in [-0.1, -0.05) is 31.2 Å². The molecule has 9 nitrogen and oxygen atoms in total. The average molecular weight is 430 g/mol. The number of aromatic nitrogens is 5. The molecule has 160 valence electrons. The number of rotatable bonds is 6. The molecule has 30 heavy (non-hydrogen) atoms. The van der Waals surface area contributed by atoms with Crippen LogP contribution in [0.15, 0.2) is 30.3 Å². The van der Waals surface area contributed by atoms with Crippen LogP contribution in [0.25, 0.3) is 11.0 Å². The number of benzene rings is 1. The number of aryl methyl sites for hydroxylation is 2. The van der Waals surface area contributed by atoms with Gasteiger partial charge in [0.15, 0.2) is 0 Å². The van der Waals surface area contributed by atoms with Crippen molar-refractivity contribution < 1.29 is 8.42 Å². The third kappa shape index (κ3) is 4.29. The van der Waals surface area contributed by atoms with Crippen LogP contribution >= 0.6 is 0 Å². The lowest BCUT2D eigenvalue weighted by Gasteiger charge is -2.35. The third-order valence-corrected chi connectivity index (χ3v) is 7.16. The Morgan fingerprint density at radius 3 is 2.53 bits per heavy atom. The molecule has 3 heterocycles. The number of sulfonamides is 1. The van der Waals surface area contributed by atoms with Crippen LogP contribution in [0.4, 0.5) is 5.82 Å². The topological polar surface area (TPSA) is 97.1 Å². The molecule has 0 spiro atoms. The SMILES string of the molecule is Cc1cc(N2CCN(S(=O)(=O)CCn3nnc4ccccc43)CC2)nc(C(C)C)n1. The summed E-state index contributed by atoms with van der Waals surface area (Å²) in [4.78, 5) is 11.3. The van der Waals surface area contributed by atoms with Gasteiger partial charge in [-0.2, -0.15) is 4.31 Å². The van der Waals surface area contributed by atoms with E-state index in [1.165, 1.54) is 0 Å². The molecular weight excluding hydrogens is 402 g/mol. The van der Waals surface area contributed by atoms with Crippen molar-refractivity contribution in [3.8, 4) is 0 Å². The molecule has 1 aliphatic heterocycles. The monoisotopic (exact) mass is 429 g/mol. The summed E-state index contributed by atoms with van der Waals surface area (Å²) < 4.78 is 29.0. The maximum Gasteiger partial charge on any atom is 0.216 e. The van der Waals surface area contributed by atoms with Crippen molar-refractivity contribution in [2.24, 2.45) is 0 Å². The third-order valence-electron chi connectivity index (χ3n) is 5.31. The van der Waals surface area contributed by atoms with E-state index in [2.05, 4.69) is 39.0 Å². The van der Waals surface area contributed by atoms with E-state index in [9.17, 15) is 8.42 Å². The number of fused-ring (bicyclic) bond motifs is 1. The van der Waals surface area contributed by atoms with Crippen molar-refractivity contribution in [1.82, 2.24) is 29.3 Å². The molecule has 1 aromatic carbocycles. The largest absolute Gasteiger partial charge is 0.354 e. The van der Waals surface area contributed by atoms with Crippen molar-refractivity contribution in [3.05, 3.63) is 41.9 Å². The van der Waals surface area contributed by atoms with Crippen LogP contribution in [0.5, 0.6) is 0 Å². The van der Waals surface area contributed by atoms with Gasteiger partial charge in [0, 0.05) is 43.9 Å². The Morgan fingerprint density at radius 2 is 1.80 bits per heavy atom. The molecule has 0 saturated carbocycles. The highest BCUT2D eigenvalue weighted by molar-refractivity contribution is 7.89. The van der Waals surface area contributed by atoms with Crippen LogP contribution in [0.1, 0.15) is 31.3 Å². The van der Waals surface area contributed by atoms with Gasteiger partial charge in [0.2, 0.25) is 10.0 Å². The fourth-order valence-corrected chi connectivity index (χ4v) is 4.98. The highest BCUT2D eigenvalue weighted by atomic mass is 32.2. The minimum absolute atomic E-state index is 0.00443. The Labute approximate surface area is 176 Å². The molecule has 0 aliphatic carbocycles. The van der Waals surface area contributed by atoms with Crippen molar-refractivity contribution in [2.75, 3.05) is 36.8 Å². The van der Waals surface area contributed by atoms with Gasteiger partial charge in [-0.15, -0.1) is 5.10 Å². The maximum atomic E-state index is 12.9. The lowest BCUT2D eigenvalue weighted by atomic mass is 10.2. The van der Waals surface area contributed by atoms with Crippen molar-refractivity contribution in [3.63, 3.8) is 0 Å². The lowest BCUT2D eigenvalue weighted by Crippen LogP contribution is -2.50. The first-order valence-electron chi connectivity index (χ1n) is 10.2. The molecule has 1 fully saturated rings. The summed E-state index contributed by atoms with van der Waals surface area (Å²) in [5.74, 6) is 1.94. The van der Waals surface area contributed by atoms with Gasteiger partial charge in [0.1, 0.15) is 17.2 Å². The molecule has 10 heteroatoms. The molecule has 4 rings (SSSR count). The van der Waals surface area contributed by atoms with Gasteiger partial charge in [-0.3, -0.25) is 0 Å². The van der Waals surface area contributed by atoms with E-state index in [-0.39, 0.29) is 18.2 Å². The standard InChI is InChI=1S/C20H27N7O2S/c1-15(2)20-21-16(3)14-19(22-20)25-8-10-26(11-9-25)30(28,29)13-12-27-18-7-5-4-6-17(18)23-24-27/h4-7,14-15H,8-13H2,1-3H3. The molecular formula is C20H27N7O2S. The second kappa shape index (κ2) is 8.27. The van der Waals surface area contributed by atoms with E-state index in [1.807, 2.05) is 37.3 Å². The van der Waals surface area contributed by atoms with Crippen LogP contribution in [0.3, 0.4) is 0 Å². The first-order valence-corrected chi connectivity index (χ1v) is 11.8. The summed E-state index contributed by atoms with van der Waals surface area (Å²) in [6.45, 7) is 8.50. The summed E-state index contributed by atoms with van der Waals surface area (Å²) in [5, 5.41) is 8.17. The van der Waals surface area contributed by atoms with Crippen molar-refractivity contribution in [2.45, 2.75) is 33.2 Å². The molecule has 0 amide bonds. The molecule has 1 saturated heterocycles. The second-order valence-corrected chi connectivity index (χ2v) is 9.97. The molecule has 0 atom stereocenters. The van der Waals surface area contributed by atoms with Gasteiger partial charge in [0.05, 0.1) is 17.8 Å². The summed E-state index contributed by atoms with van der Waals surface area (Å²) >= 11 is 0. The summed E-state index contributed by atoms with van der Waals surface area (Å²) in [7, 11) is -3.38. The smallest absolute Gasteiger partial charge is 0.216 e. The van der Waals surface area contributed by atoms with Crippen LogP contribution < -0.4 is 4.90 Å². The molecule has 0 unspecified atom stereocenters. The number of hydrogen-bond donors (Lipinski definition) is 0. The van der Waals surface area contributed by atoms with E-state index in [4.69, 9.17) is 0 Å². The average Bonchev–Trinajstić information content (AvgIpc) is 3.15. The molecule has 2 aromatic heterocycles. The summed E-state index contributed by atoms with van der Waals surface area (Å²) in [5.41, 5.74) is 2.54. The normalized spacial score (nSPS) is 15.9. The minimum atomic E-state index is -3.38. The Hall–Kier alpha value is -2.59. The molecule has 0 bridgehead atoms. The van der Waals surface area contributed by atoms with Gasteiger partial charge >= 0.3 is 0 Å². The number of hydrogen-bond acceptors (Lipinski definition) is 7. The zero-order chi connectivity index (χ0) is 21.3. The second-order valence-electron chi connectivity index (χ2n) is 7.88. The van der Waals surface area contributed by atoms with E-state index >= 15 is 0 Å². The lowest BCUT2D eigenvalue weighted by molar-refractivity contribution is 0.381. The Kier molecular flexibility index (Phi) is 5.70. The maximum absolute atomic E-state index is 12.9. The highest BCUT2D eigenvalue weighted by Crippen LogP contribution is 2.20. The number of para-hydroxylation sites is 1. The number of anilines is 1. The predicted molar refractivity (Wildman–Crippen MR) is 116 cm³/mol. The Morgan fingerprint density at radius 1 is 1.07 bits per heavy atom. The number of piperazine rings is 1. The van der Waals surface area contributed by atoms with E-state index in [0.29, 0.717) is 26.2 Å². The molecule has 0 radical (unpaired) electrons. The van der Waals surface area contributed by atoms with Gasteiger partial charge in [0.25, 0.3) is 0 Å². The minimum Gasteiger partial charge on any atom is -0.354 e. The first-order chi connectivity index (χ1) is 14.3. The molecule has 3 aromatic rings. The van der Waals surface area contributed by atoms with Crippen LogP contribution in [0, 0.1) is 6.92 Å². The van der Waals surface area contributed by atoms with E-state index in [1.54, 1.807) is 8.99 Å². The zero-order valence-electron chi connectivity index (χ0n) is 17.6. The number of nitrogens with zero attached hydrogens (tertiary/aromatic N) is 7. The van der Waals surface area contributed by atoms with E-state index in [0.717, 1.165) is 28.4 Å². The first kappa shape index (κ1) is 20.7. The molecule has 1 aliphatic rings. The molecule has 0 N–H and O–H groups in total. The van der Waals surface area contributed by atoms with Crippen molar-refractivity contribution >= 4 is 26.9 Å². The Bertz CT molecular complexity index is 1140. The van der Waals surface area contributed by atoms with E-state index < -0.39 is 10.0 Å². The van der Waals surface area contributed by atoms with Crippen LogP contribution in [-0.2, 0) is 16.6 Å². The van der Waals surface area contributed by atoms with Gasteiger partial charge < -0.3 is 4.90 Å². The predicted octanol–water partition coefficient (Wildman–Crippen LogP) is 1.81. The van der Waals surface area contributed by atoms with Gasteiger partial charge in [-0.05, 0) is 19.1 Å². The van der Waals surface area contributed by atoms with Crippen molar-refractivity contribution in [1.29, 1.82) is 0 Å². The van der Waals surface area contributed by atoms with Crippen LogP contribution in [0.2, 0.25) is 0 Å². The fourth-order valence-electron chi connectivity index (χ4n) is 3.60. The highest BCUT2D eigenvalue weighted by Gasteiger charge is 2.28. The fraction of sp³-hybridized carbons (Fsp3) is 0.500. The van der Waals surface area contributed by atoms with Gasteiger partial charge in [-0.25, -0.2) is 23.1 Å². The zero-order valence-corrected chi connectivity index (χ0v) is 18.4. The van der Waals surface area contributed by atoms with Crippen LogP contribution in [-0.4, -0.2) is 69.6 Å².